The van der Waals surface area contributed by atoms with E-state index < -0.39 is 12.0 Å². The highest BCUT2D eigenvalue weighted by atomic mass is 16.5. The highest BCUT2D eigenvalue weighted by Crippen LogP contribution is 2.60. The average molecular weight is 336 g/mol. The van der Waals surface area contributed by atoms with Crippen molar-refractivity contribution in [2.45, 2.75) is 51.5 Å². The van der Waals surface area contributed by atoms with Crippen molar-refractivity contribution in [1.29, 1.82) is 0 Å². The van der Waals surface area contributed by atoms with Gasteiger partial charge in [0, 0.05) is 19.5 Å². The fraction of sp³-hybridized carbons (Fsp3) is 0.833. The van der Waals surface area contributed by atoms with Gasteiger partial charge in [0.2, 0.25) is 5.91 Å². The number of hydrogen-bond donors (Lipinski definition) is 1. The van der Waals surface area contributed by atoms with Crippen LogP contribution < -0.4 is 5.32 Å². The van der Waals surface area contributed by atoms with Gasteiger partial charge >= 0.3 is 5.97 Å². The summed E-state index contributed by atoms with van der Waals surface area (Å²) in [5.41, 5.74) is -0.275. The van der Waals surface area contributed by atoms with Crippen LogP contribution in [0.5, 0.6) is 0 Å². The molecular weight excluding hydrogens is 308 g/mol. The largest absolute Gasteiger partial charge is 0.454 e. The number of carbonyl (C=O) groups is 3. The minimum Gasteiger partial charge on any atom is -0.454 e. The van der Waals surface area contributed by atoms with E-state index in [0.717, 1.165) is 19.3 Å². The Morgan fingerprint density at radius 1 is 1.08 bits per heavy atom. The first kappa shape index (κ1) is 17.2. The van der Waals surface area contributed by atoms with Crippen LogP contribution in [0.15, 0.2) is 0 Å². The number of nitrogens with one attached hydrogen (secondary N) is 1. The monoisotopic (exact) mass is 336 g/mol. The van der Waals surface area contributed by atoms with Crippen molar-refractivity contribution in [3.63, 3.8) is 0 Å². The third-order valence-electron chi connectivity index (χ3n) is 6.06. The van der Waals surface area contributed by atoms with Crippen LogP contribution in [-0.4, -0.2) is 49.4 Å². The number of hydrogen-bond acceptors (Lipinski definition) is 4. The Morgan fingerprint density at radius 2 is 1.58 bits per heavy atom. The molecule has 134 valence electrons. The summed E-state index contributed by atoms with van der Waals surface area (Å²) in [5, 5.41) is 2.85. The van der Waals surface area contributed by atoms with Gasteiger partial charge in [0.15, 0.2) is 6.61 Å². The molecule has 4 aliphatic carbocycles. The number of ether oxygens (including phenoxy) is 1. The lowest BCUT2D eigenvalue weighted by Gasteiger charge is -2.55. The molecule has 24 heavy (non-hydrogen) atoms. The molecule has 4 saturated carbocycles. The van der Waals surface area contributed by atoms with Gasteiger partial charge in [-0.25, -0.2) is 4.79 Å². The average Bonchev–Trinajstić information content (AvgIpc) is 2.50. The lowest BCUT2D eigenvalue weighted by atomic mass is 9.49. The van der Waals surface area contributed by atoms with Crippen molar-refractivity contribution in [1.82, 2.24) is 10.2 Å². The molecule has 0 aliphatic heterocycles. The highest BCUT2D eigenvalue weighted by molar-refractivity contribution is 5.89. The molecule has 4 bridgehead atoms. The SMILES string of the molecule is C[C@H](NC(=O)C12CC3CC(CC(C3)C1)C2)C(=O)OCC(=O)N(C)C. The minimum absolute atomic E-state index is 0.00462. The van der Waals surface area contributed by atoms with E-state index in [1.54, 1.807) is 21.0 Å². The van der Waals surface area contributed by atoms with Crippen LogP contribution in [0.1, 0.15) is 45.4 Å². The Balaban J connectivity index is 1.54. The van der Waals surface area contributed by atoms with E-state index in [9.17, 15) is 14.4 Å². The van der Waals surface area contributed by atoms with Crippen LogP contribution in [0, 0.1) is 23.2 Å². The predicted molar refractivity (Wildman–Crippen MR) is 87.9 cm³/mol. The molecule has 0 aromatic carbocycles. The third-order valence-corrected chi connectivity index (χ3v) is 6.06. The second-order valence-corrected chi connectivity index (χ2v) is 8.29. The molecule has 4 aliphatic rings. The Bertz CT molecular complexity index is 508. The van der Waals surface area contributed by atoms with Gasteiger partial charge in [-0.3, -0.25) is 9.59 Å². The van der Waals surface area contributed by atoms with Crippen molar-refractivity contribution in [3.05, 3.63) is 0 Å². The van der Waals surface area contributed by atoms with E-state index >= 15 is 0 Å². The number of rotatable bonds is 5. The fourth-order valence-electron chi connectivity index (χ4n) is 5.18. The first-order valence-electron chi connectivity index (χ1n) is 8.97. The Kier molecular flexibility index (Phi) is 4.58. The smallest absolute Gasteiger partial charge is 0.328 e. The standard InChI is InChI=1S/C18H28N2O4/c1-11(16(22)24-10-15(21)20(2)3)19-17(23)18-7-12-4-13(8-18)6-14(5-12)9-18/h11-14H,4-10H2,1-3H3,(H,19,23)/t11-,12?,13?,14?,18?/m0/s1. The van der Waals surface area contributed by atoms with Crippen LogP contribution in [0.2, 0.25) is 0 Å². The summed E-state index contributed by atoms with van der Waals surface area (Å²) in [7, 11) is 3.21. The van der Waals surface area contributed by atoms with Crippen LogP contribution in [0.25, 0.3) is 0 Å². The summed E-state index contributed by atoms with van der Waals surface area (Å²) in [6, 6.07) is -0.722. The van der Waals surface area contributed by atoms with E-state index in [2.05, 4.69) is 5.32 Å². The van der Waals surface area contributed by atoms with Crippen molar-refractivity contribution in [2.24, 2.45) is 23.2 Å². The maximum Gasteiger partial charge on any atom is 0.328 e. The second kappa shape index (κ2) is 6.37. The van der Waals surface area contributed by atoms with E-state index in [1.807, 2.05) is 0 Å². The zero-order chi connectivity index (χ0) is 17.5. The molecule has 0 radical (unpaired) electrons. The van der Waals surface area contributed by atoms with Gasteiger partial charge in [-0.2, -0.15) is 0 Å². The summed E-state index contributed by atoms with van der Waals surface area (Å²) < 4.78 is 5.00. The van der Waals surface area contributed by atoms with Gasteiger partial charge in [0.1, 0.15) is 6.04 Å². The first-order chi connectivity index (χ1) is 11.3. The lowest BCUT2D eigenvalue weighted by Crippen LogP contribution is -2.56. The molecule has 0 aromatic rings. The molecule has 1 atom stereocenters. The van der Waals surface area contributed by atoms with E-state index in [-0.39, 0.29) is 23.8 Å². The number of esters is 1. The molecule has 0 saturated heterocycles. The third kappa shape index (κ3) is 3.28. The van der Waals surface area contributed by atoms with E-state index in [0.29, 0.717) is 17.8 Å². The Labute approximate surface area is 143 Å². The van der Waals surface area contributed by atoms with Gasteiger partial charge in [-0.15, -0.1) is 0 Å². The molecule has 0 spiro atoms. The Hall–Kier alpha value is -1.59. The number of amides is 2. The zero-order valence-electron chi connectivity index (χ0n) is 14.8. The number of likely N-dealkylation sites (N-methyl/N-ethyl adjacent to an activating group) is 1. The van der Waals surface area contributed by atoms with Crippen LogP contribution in [0.4, 0.5) is 0 Å². The van der Waals surface area contributed by atoms with Crippen molar-refractivity contribution in [3.8, 4) is 0 Å². The summed E-state index contributed by atoms with van der Waals surface area (Å²) in [4.78, 5) is 37.7. The molecule has 4 rings (SSSR count). The number of nitrogens with zero attached hydrogens (tertiary/aromatic N) is 1. The van der Waals surface area contributed by atoms with Gasteiger partial charge in [-0.05, 0) is 63.2 Å². The molecule has 1 N–H and O–H groups in total. The van der Waals surface area contributed by atoms with Gasteiger partial charge in [0.05, 0.1) is 0 Å². The second-order valence-electron chi connectivity index (χ2n) is 8.29. The zero-order valence-corrected chi connectivity index (χ0v) is 14.8. The maximum absolute atomic E-state index is 12.9. The van der Waals surface area contributed by atoms with E-state index in [1.165, 1.54) is 24.2 Å². The summed E-state index contributed by atoms with van der Waals surface area (Å²) >= 11 is 0. The van der Waals surface area contributed by atoms with Gasteiger partial charge in [0.25, 0.3) is 5.91 Å². The van der Waals surface area contributed by atoms with Crippen LogP contribution >= 0.6 is 0 Å². The predicted octanol–water partition coefficient (Wildman–Crippen LogP) is 1.34. The molecule has 0 heterocycles. The van der Waals surface area contributed by atoms with Crippen molar-refractivity contribution in [2.75, 3.05) is 20.7 Å². The van der Waals surface area contributed by atoms with Crippen molar-refractivity contribution >= 4 is 17.8 Å². The lowest BCUT2D eigenvalue weighted by molar-refractivity contribution is -0.156. The summed E-state index contributed by atoms with van der Waals surface area (Å²) in [6.45, 7) is 1.34. The van der Waals surface area contributed by atoms with Crippen LogP contribution in [-0.2, 0) is 19.1 Å². The molecule has 6 heteroatoms. The maximum atomic E-state index is 12.9. The van der Waals surface area contributed by atoms with Gasteiger partial charge in [-0.1, -0.05) is 0 Å². The summed E-state index contributed by atoms with van der Waals surface area (Å²) in [6.07, 6.45) is 6.72. The van der Waals surface area contributed by atoms with Gasteiger partial charge < -0.3 is 15.0 Å². The quantitative estimate of drug-likeness (QED) is 0.769. The molecule has 4 fully saturated rings. The normalized spacial score (nSPS) is 34.5. The summed E-state index contributed by atoms with van der Waals surface area (Å²) in [5.74, 6) is 1.22. The first-order valence-corrected chi connectivity index (χ1v) is 8.97. The molecular formula is C18H28N2O4. The van der Waals surface area contributed by atoms with E-state index in [4.69, 9.17) is 4.74 Å². The molecule has 0 aromatic heterocycles. The molecule has 6 nitrogen and oxygen atoms in total. The fourth-order valence-corrected chi connectivity index (χ4v) is 5.18. The molecule has 0 unspecified atom stereocenters. The number of carbonyl (C=O) groups excluding carboxylic acids is 3. The van der Waals surface area contributed by atoms with Crippen molar-refractivity contribution < 1.29 is 19.1 Å². The minimum atomic E-state index is -0.722. The molecule has 2 amide bonds. The highest BCUT2D eigenvalue weighted by Gasteiger charge is 2.54. The topological polar surface area (TPSA) is 75.7 Å². The Morgan fingerprint density at radius 3 is 2.04 bits per heavy atom. The van der Waals surface area contributed by atoms with Crippen LogP contribution in [0.3, 0.4) is 0 Å².